The Morgan fingerprint density at radius 3 is 1.26 bits per heavy atom. The van der Waals surface area contributed by atoms with E-state index in [0.717, 1.165) is 0 Å². The number of ether oxygens (including phenoxy) is 3. The molecule has 5 heteroatoms. The molecule has 0 N–H and O–H groups in total. The van der Waals surface area contributed by atoms with Crippen molar-refractivity contribution in [2.75, 3.05) is 6.61 Å². The topological polar surface area (TPSA) is 36.9 Å². The van der Waals surface area contributed by atoms with Crippen molar-refractivity contribution in [3.8, 4) is 0 Å². The molecule has 0 aromatic rings. The molecule has 4 nitrogen and oxygen atoms in total. The molecule has 0 aliphatic carbocycles. The van der Waals surface area contributed by atoms with Gasteiger partial charge in [-0.3, -0.25) is 0 Å². The summed E-state index contributed by atoms with van der Waals surface area (Å²) < 4.78 is 23.5. The van der Waals surface area contributed by atoms with Crippen molar-refractivity contribution in [2.45, 2.75) is 85.1 Å². The molecule has 19 heavy (non-hydrogen) atoms. The Morgan fingerprint density at radius 2 is 1.05 bits per heavy atom. The summed E-state index contributed by atoms with van der Waals surface area (Å²) in [5, 5.41) is 0. The lowest BCUT2D eigenvalue weighted by molar-refractivity contribution is -0.414. The third kappa shape index (κ3) is 9.57. The van der Waals surface area contributed by atoms with Gasteiger partial charge in [-0.1, -0.05) is 0 Å². The van der Waals surface area contributed by atoms with Gasteiger partial charge in [-0.25, -0.2) is 0 Å². The Balaban J connectivity index is 5.07. The first kappa shape index (κ1) is 19.1. The van der Waals surface area contributed by atoms with Crippen molar-refractivity contribution in [1.82, 2.24) is 0 Å². The van der Waals surface area contributed by atoms with Crippen LogP contribution in [0.3, 0.4) is 0 Å². The van der Waals surface area contributed by atoms with Crippen LogP contribution in [0.15, 0.2) is 0 Å². The first-order valence-electron chi connectivity index (χ1n) is 6.78. The van der Waals surface area contributed by atoms with E-state index in [1.807, 2.05) is 62.3 Å². The molecule has 0 saturated carbocycles. The first-order valence-corrected chi connectivity index (χ1v) is 7.59. The van der Waals surface area contributed by atoms with Gasteiger partial charge in [0, 0.05) is 0 Å². The zero-order chi connectivity index (χ0) is 15.5. The quantitative estimate of drug-likeness (QED) is 0.576. The molecule has 0 saturated heterocycles. The summed E-state index contributed by atoms with van der Waals surface area (Å²) in [6, 6.07) is 0. The monoisotopic (exact) mass is 292 g/mol. The van der Waals surface area contributed by atoms with Gasteiger partial charge in [0.25, 0.3) is 5.97 Å². The largest absolute Gasteiger partial charge is 0.378 e. The highest BCUT2D eigenvalue weighted by Gasteiger charge is 2.41. The Bertz CT molecular complexity index is 255. The summed E-state index contributed by atoms with van der Waals surface area (Å²) in [6.45, 7) is 18.1. The molecular formula is C14H32O4Si. The van der Waals surface area contributed by atoms with Crippen LogP contribution < -0.4 is 0 Å². The summed E-state index contributed by atoms with van der Waals surface area (Å²) in [5.41, 5.74) is -1.03. The van der Waals surface area contributed by atoms with Crippen molar-refractivity contribution in [1.29, 1.82) is 0 Å². The Labute approximate surface area is 121 Å². The lowest BCUT2D eigenvalue weighted by atomic mass is 10.1. The van der Waals surface area contributed by atoms with Gasteiger partial charge in [0.1, 0.15) is 6.61 Å². The molecule has 0 amide bonds. The van der Waals surface area contributed by atoms with Crippen LogP contribution in [0.5, 0.6) is 0 Å². The van der Waals surface area contributed by atoms with Gasteiger partial charge in [-0.05, 0) is 62.3 Å². The van der Waals surface area contributed by atoms with Gasteiger partial charge in [-0.2, -0.15) is 0 Å². The summed E-state index contributed by atoms with van der Waals surface area (Å²) in [5.74, 6) is -1.14. The fraction of sp³-hybridized carbons (Fsp3) is 1.00. The van der Waals surface area contributed by atoms with Crippen LogP contribution in [0, 0.1) is 0 Å². The van der Waals surface area contributed by atoms with E-state index in [-0.39, 0.29) is 23.4 Å². The average molecular weight is 292 g/mol. The second-order valence-corrected chi connectivity index (χ2v) is 8.13. The molecule has 116 valence electrons. The highest BCUT2D eigenvalue weighted by Crippen LogP contribution is 2.29. The highest BCUT2D eigenvalue weighted by molar-refractivity contribution is 5.98. The predicted molar refractivity (Wildman–Crippen MR) is 81.1 cm³/mol. The second kappa shape index (κ2) is 6.22. The maximum atomic E-state index is 6.01. The third-order valence-corrected chi connectivity index (χ3v) is 2.54. The van der Waals surface area contributed by atoms with Crippen molar-refractivity contribution in [2.24, 2.45) is 0 Å². The van der Waals surface area contributed by atoms with E-state index in [1.165, 1.54) is 0 Å². The van der Waals surface area contributed by atoms with Crippen LogP contribution in [0.2, 0.25) is 0 Å². The summed E-state index contributed by atoms with van der Waals surface area (Å²) in [4.78, 5) is 0. The Kier molecular flexibility index (Phi) is 6.24. The fourth-order valence-electron chi connectivity index (χ4n) is 1.46. The third-order valence-electron chi connectivity index (χ3n) is 1.92. The maximum Gasteiger partial charge on any atom is 0.298 e. The first-order chi connectivity index (χ1) is 8.18. The van der Waals surface area contributed by atoms with E-state index in [0.29, 0.717) is 10.5 Å². The zero-order valence-electron chi connectivity index (χ0n) is 14.3. The molecule has 0 aliphatic rings. The summed E-state index contributed by atoms with van der Waals surface area (Å²) >= 11 is 0. The summed E-state index contributed by atoms with van der Waals surface area (Å²) in [6.07, 6.45) is 0. The maximum absolute atomic E-state index is 6.01. The standard InChI is InChI=1S/C14H32O4Si/c1-11(2,3)15-10-14(18-19,16-12(4,5)6)17-13(7,8)9/h10H2,1-9,19H3. The molecule has 0 fully saturated rings. The Morgan fingerprint density at radius 1 is 0.684 bits per heavy atom. The van der Waals surface area contributed by atoms with E-state index in [2.05, 4.69) is 0 Å². The average Bonchev–Trinajstić information content (AvgIpc) is 2.08. The van der Waals surface area contributed by atoms with E-state index < -0.39 is 5.97 Å². The lowest BCUT2D eigenvalue weighted by Crippen LogP contribution is -2.52. The van der Waals surface area contributed by atoms with Crippen LogP contribution in [0.4, 0.5) is 0 Å². The SMILES string of the molecule is CC(C)(C)OCC(O[SiH3])(OC(C)(C)C)OC(C)(C)C. The molecule has 0 heterocycles. The van der Waals surface area contributed by atoms with Crippen molar-refractivity contribution in [3.63, 3.8) is 0 Å². The molecule has 0 aromatic heterocycles. The van der Waals surface area contributed by atoms with Gasteiger partial charge in [0.15, 0.2) is 10.5 Å². The van der Waals surface area contributed by atoms with Gasteiger partial charge in [0.05, 0.1) is 16.8 Å². The second-order valence-electron chi connectivity index (χ2n) is 7.72. The minimum absolute atomic E-state index is 0.245. The van der Waals surface area contributed by atoms with Gasteiger partial charge >= 0.3 is 0 Å². The number of rotatable bonds is 5. The lowest BCUT2D eigenvalue weighted by Gasteiger charge is -2.42. The molecule has 0 aromatic carbocycles. The van der Waals surface area contributed by atoms with E-state index in [4.69, 9.17) is 18.6 Å². The van der Waals surface area contributed by atoms with E-state index in [1.54, 1.807) is 0 Å². The van der Waals surface area contributed by atoms with Crippen LogP contribution in [0.1, 0.15) is 62.3 Å². The normalized spacial score (nSPS) is 15.0. The molecule has 0 aliphatic heterocycles. The zero-order valence-corrected chi connectivity index (χ0v) is 16.3. The highest BCUT2D eigenvalue weighted by atomic mass is 28.2. The smallest absolute Gasteiger partial charge is 0.298 e. The van der Waals surface area contributed by atoms with Crippen LogP contribution in [-0.2, 0) is 18.6 Å². The van der Waals surface area contributed by atoms with Crippen LogP contribution in [-0.4, -0.2) is 39.9 Å². The number of hydrogen-bond acceptors (Lipinski definition) is 4. The minimum Gasteiger partial charge on any atom is -0.378 e. The summed E-state index contributed by atoms with van der Waals surface area (Å²) in [7, 11) is 0.504. The fourth-order valence-corrected chi connectivity index (χ4v) is 1.74. The van der Waals surface area contributed by atoms with Crippen molar-refractivity contribution >= 4 is 10.5 Å². The molecule has 0 atom stereocenters. The van der Waals surface area contributed by atoms with Gasteiger partial charge < -0.3 is 18.6 Å². The van der Waals surface area contributed by atoms with Crippen LogP contribution >= 0.6 is 0 Å². The molecule has 0 rings (SSSR count). The van der Waals surface area contributed by atoms with Crippen molar-refractivity contribution in [3.05, 3.63) is 0 Å². The molecule has 0 spiro atoms. The number of hydrogen-bond donors (Lipinski definition) is 0. The van der Waals surface area contributed by atoms with Crippen LogP contribution in [0.25, 0.3) is 0 Å². The Hall–Kier alpha value is 0.0569. The van der Waals surface area contributed by atoms with E-state index >= 15 is 0 Å². The molecule has 0 radical (unpaired) electrons. The van der Waals surface area contributed by atoms with Gasteiger partial charge in [-0.15, -0.1) is 0 Å². The molecule has 0 bridgehead atoms. The van der Waals surface area contributed by atoms with Crippen molar-refractivity contribution < 1.29 is 18.6 Å². The predicted octanol–water partition coefficient (Wildman–Crippen LogP) is 2.38. The van der Waals surface area contributed by atoms with E-state index in [9.17, 15) is 0 Å². The minimum atomic E-state index is -1.14. The molecule has 0 unspecified atom stereocenters. The van der Waals surface area contributed by atoms with Gasteiger partial charge in [0.2, 0.25) is 0 Å². The molecular weight excluding hydrogens is 260 g/mol.